The van der Waals surface area contributed by atoms with Crippen molar-refractivity contribution in [3.63, 3.8) is 0 Å². The van der Waals surface area contributed by atoms with Gasteiger partial charge in [0.2, 0.25) is 0 Å². The van der Waals surface area contributed by atoms with Gasteiger partial charge in [-0.25, -0.2) is 0 Å². The zero-order chi connectivity index (χ0) is 19.8. The van der Waals surface area contributed by atoms with Crippen molar-refractivity contribution in [2.75, 3.05) is 34.9 Å². The highest BCUT2D eigenvalue weighted by Crippen LogP contribution is 2.40. The molecular weight excluding hydrogens is 350 g/mol. The Balaban J connectivity index is 2.04. The number of rotatable bonds is 5. The van der Waals surface area contributed by atoms with E-state index in [1.165, 1.54) is 16.5 Å². The topological polar surface area (TPSA) is 60.6 Å². The second-order valence-corrected chi connectivity index (χ2v) is 7.89. The molecule has 1 heterocycles. The molecule has 0 saturated heterocycles. The number of methoxy groups -OCH3 is 2. The van der Waals surface area contributed by atoms with E-state index in [-0.39, 0.29) is 6.04 Å². The largest absolute Gasteiger partial charge is 0.493 e. The molecule has 1 aromatic heterocycles. The molecule has 0 bridgehead atoms. The molecule has 1 unspecified atom stereocenters. The van der Waals surface area contributed by atoms with Crippen molar-refractivity contribution >= 4 is 21.7 Å². The first-order valence-electron chi connectivity index (χ1n) is 9.94. The van der Waals surface area contributed by atoms with Gasteiger partial charge in [-0.2, -0.15) is 0 Å². The number of fused-ring (bicyclic) bond motifs is 5. The third-order valence-corrected chi connectivity index (χ3v) is 5.83. The van der Waals surface area contributed by atoms with Crippen LogP contribution in [-0.4, -0.2) is 44.7 Å². The molecule has 0 spiro atoms. The summed E-state index contributed by atoms with van der Waals surface area (Å²) in [6.07, 6.45) is 4.08. The normalized spacial score (nSPS) is 16.6. The fourth-order valence-electron chi connectivity index (χ4n) is 4.32. The van der Waals surface area contributed by atoms with Crippen LogP contribution in [0.5, 0.6) is 11.5 Å². The predicted octanol–water partition coefficient (Wildman–Crippen LogP) is 3.85. The van der Waals surface area contributed by atoms with E-state index in [2.05, 4.69) is 43.3 Å². The van der Waals surface area contributed by atoms with Crippen molar-refractivity contribution in [3.8, 4) is 11.5 Å². The summed E-state index contributed by atoms with van der Waals surface area (Å²) in [5, 5.41) is 3.46. The number of hydrogen-bond donors (Lipinski definition) is 1. The van der Waals surface area contributed by atoms with Crippen LogP contribution in [0.3, 0.4) is 0 Å². The second-order valence-electron chi connectivity index (χ2n) is 7.89. The number of nitrogens with two attached hydrogens (primary N) is 1. The van der Waals surface area contributed by atoms with Crippen molar-refractivity contribution in [2.24, 2.45) is 5.73 Å². The van der Waals surface area contributed by atoms with Crippen molar-refractivity contribution < 1.29 is 9.47 Å². The van der Waals surface area contributed by atoms with Gasteiger partial charge in [-0.05, 0) is 62.0 Å². The molecule has 5 heteroatoms. The molecule has 1 aliphatic carbocycles. The standard InChI is InChI=1S/C23H29N3O2/c1-26(2)11-10-20-18-13-22(28-4)21(27-3)12-17(18)16-9-8-14-15(23(16)25-20)6-5-7-19(14)24/h8-9,12-13,19H,5-7,10-11,24H2,1-4H3. The fraction of sp³-hybridized carbons (Fsp3) is 0.435. The Morgan fingerprint density at radius 1 is 1.07 bits per heavy atom. The molecule has 4 rings (SSSR count). The zero-order valence-electron chi connectivity index (χ0n) is 17.2. The van der Waals surface area contributed by atoms with E-state index in [4.69, 9.17) is 20.2 Å². The van der Waals surface area contributed by atoms with Crippen molar-refractivity contribution in [2.45, 2.75) is 31.7 Å². The van der Waals surface area contributed by atoms with Crippen molar-refractivity contribution in [3.05, 3.63) is 41.1 Å². The lowest BCUT2D eigenvalue weighted by Gasteiger charge is -2.24. The average molecular weight is 380 g/mol. The molecule has 1 atom stereocenters. The number of likely N-dealkylation sites (N-methyl/N-ethyl adjacent to an activating group) is 1. The second kappa shape index (κ2) is 7.57. The number of aromatic nitrogens is 1. The van der Waals surface area contributed by atoms with Crippen LogP contribution in [0.15, 0.2) is 24.3 Å². The molecule has 3 aromatic rings. The molecule has 148 valence electrons. The van der Waals surface area contributed by atoms with Crippen LogP contribution in [0.2, 0.25) is 0 Å². The Labute approximate surface area is 166 Å². The molecule has 0 radical (unpaired) electrons. The predicted molar refractivity (Wildman–Crippen MR) is 114 cm³/mol. The first kappa shape index (κ1) is 19.0. The van der Waals surface area contributed by atoms with Crippen LogP contribution in [0.1, 0.15) is 35.7 Å². The van der Waals surface area contributed by atoms with E-state index in [0.717, 1.165) is 65.7 Å². The summed E-state index contributed by atoms with van der Waals surface area (Å²) in [4.78, 5) is 7.36. The molecule has 0 aliphatic heterocycles. The Morgan fingerprint density at radius 3 is 2.46 bits per heavy atom. The highest BCUT2D eigenvalue weighted by Gasteiger charge is 2.22. The average Bonchev–Trinajstić information content (AvgIpc) is 2.70. The minimum Gasteiger partial charge on any atom is -0.493 e. The number of ether oxygens (including phenoxy) is 2. The van der Waals surface area contributed by atoms with Crippen LogP contribution in [-0.2, 0) is 12.8 Å². The first-order valence-corrected chi connectivity index (χ1v) is 9.94. The first-order chi connectivity index (χ1) is 13.5. The van der Waals surface area contributed by atoms with Gasteiger partial charge in [-0.3, -0.25) is 4.98 Å². The van der Waals surface area contributed by atoms with Gasteiger partial charge in [0.15, 0.2) is 11.5 Å². The number of aryl methyl sites for hydroxylation is 1. The van der Waals surface area contributed by atoms with Crippen LogP contribution in [0.4, 0.5) is 0 Å². The Kier molecular flexibility index (Phi) is 5.13. The molecule has 0 saturated carbocycles. The van der Waals surface area contributed by atoms with Gasteiger partial charge in [-0.1, -0.05) is 12.1 Å². The quantitative estimate of drug-likeness (QED) is 0.683. The number of hydrogen-bond acceptors (Lipinski definition) is 5. The molecule has 5 nitrogen and oxygen atoms in total. The Bertz CT molecular complexity index is 1030. The van der Waals surface area contributed by atoms with E-state index in [1.807, 2.05) is 0 Å². The minimum absolute atomic E-state index is 0.112. The molecule has 28 heavy (non-hydrogen) atoms. The highest BCUT2D eigenvalue weighted by atomic mass is 16.5. The van der Waals surface area contributed by atoms with Gasteiger partial charge in [0.25, 0.3) is 0 Å². The van der Waals surface area contributed by atoms with E-state index in [1.54, 1.807) is 14.2 Å². The van der Waals surface area contributed by atoms with Gasteiger partial charge in [-0.15, -0.1) is 0 Å². The molecule has 0 amide bonds. The lowest BCUT2D eigenvalue weighted by molar-refractivity contribution is 0.356. The number of benzene rings is 2. The summed E-state index contributed by atoms with van der Waals surface area (Å²) in [5.41, 5.74) is 11.2. The van der Waals surface area contributed by atoms with Crippen LogP contribution < -0.4 is 15.2 Å². The van der Waals surface area contributed by atoms with Crippen molar-refractivity contribution in [1.82, 2.24) is 9.88 Å². The zero-order valence-corrected chi connectivity index (χ0v) is 17.2. The smallest absolute Gasteiger partial charge is 0.161 e. The molecular formula is C23H29N3O2. The van der Waals surface area contributed by atoms with Crippen LogP contribution in [0.25, 0.3) is 21.7 Å². The summed E-state index contributed by atoms with van der Waals surface area (Å²) >= 11 is 0. The van der Waals surface area contributed by atoms with E-state index >= 15 is 0 Å². The Morgan fingerprint density at radius 2 is 1.79 bits per heavy atom. The Hall–Kier alpha value is -2.37. The third-order valence-electron chi connectivity index (χ3n) is 5.83. The van der Waals surface area contributed by atoms with Crippen LogP contribution >= 0.6 is 0 Å². The number of nitrogens with zero attached hydrogens (tertiary/aromatic N) is 2. The molecule has 2 N–H and O–H groups in total. The van der Waals surface area contributed by atoms with Gasteiger partial charge >= 0.3 is 0 Å². The van der Waals surface area contributed by atoms with Gasteiger partial charge in [0.05, 0.1) is 25.4 Å². The SMILES string of the molecule is COc1cc2c(CCN(C)C)nc3c4c(ccc3c2cc1OC)C(N)CCC4. The van der Waals surface area contributed by atoms with Crippen LogP contribution in [0, 0.1) is 0 Å². The lowest BCUT2D eigenvalue weighted by Crippen LogP contribution is -2.18. The summed E-state index contributed by atoms with van der Waals surface area (Å²) in [6.45, 7) is 0.941. The molecule has 0 fully saturated rings. The minimum atomic E-state index is 0.112. The highest BCUT2D eigenvalue weighted by molar-refractivity contribution is 6.09. The summed E-state index contributed by atoms with van der Waals surface area (Å²) < 4.78 is 11.1. The van der Waals surface area contributed by atoms with E-state index < -0.39 is 0 Å². The fourth-order valence-corrected chi connectivity index (χ4v) is 4.32. The molecule has 2 aromatic carbocycles. The summed E-state index contributed by atoms with van der Waals surface area (Å²) in [7, 11) is 7.54. The van der Waals surface area contributed by atoms with Crippen molar-refractivity contribution in [1.29, 1.82) is 0 Å². The summed E-state index contributed by atoms with van der Waals surface area (Å²) in [5.74, 6) is 1.48. The van der Waals surface area contributed by atoms with Gasteiger partial charge in [0, 0.05) is 29.8 Å². The van der Waals surface area contributed by atoms with Gasteiger partial charge < -0.3 is 20.1 Å². The monoisotopic (exact) mass is 379 g/mol. The maximum absolute atomic E-state index is 6.40. The maximum atomic E-state index is 6.40. The lowest BCUT2D eigenvalue weighted by atomic mass is 9.85. The third kappa shape index (κ3) is 3.19. The number of pyridine rings is 1. The van der Waals surface area contributed by atoms with Gasteiger partial charge in [0.1, 0.15) is 0 Å². The summed E-state index contributed by atoms with van der Waals surface area (Å²) in [6, 6.07) is 8.64. The van der Waals surface area contributed by atoms with E-state index in [9.17, 15) is 0 Å². The molecule has 1 aliphatic rings. The van der Waals surface area contributed by atoms with E-state index in [0.29, 0.717) is 0 Å². The maximum Gasteiger partial charge on any atom is 0.161 e.